The molecule has 4 rings (SSSR count). The molecule has 0 fully saturated rings. The molecule has 31 heavy (non-hydrogen) atoms. The van der Waals surface area contributed by atoms with E-state index in [-0.39, 0.29) is 18.9 Å². The third-order valence-corrected chi connectivity index (χ3v) is 5.48. The highest BCUT2D eigenvalue weighted by molar-refractivity contribution is 7.13. The Kier molecular flexibility index (Phi) is 6.54. The van der Waals surface area contributed by atoms with Crippen LogP contribution >= 0.6 is 11.3 Å². The van der Waals surface area contributed by atoms with E-state index in [1.54, 1.807) is 36.6 Å². The molecule has 156 valence electrons. The summed E-state index contributed by atoms with van der Waals surface area (Å²) in [5.41, 5.74) is 2.01. The monoisotopic (exact) mass is 432 g/mol. The molecule has 0 aliphatic carbocycles. The zero-order valence-corrected chi connectivity index (χ0v) is 17.4. The van der Waals surface area contributed by atoms with Crippen molar-refractivity contribution in [2.75, 3.05) is 0 Å². The second-order valence-electron chi connectivity index (χ2n) is 6.79. The Bertz CT molecular complexity index is 1120. The fourth-order valence-electron chi connectivity index (χ4n) is 3.04. The van der Waals surface area contributed by atoms with E-state index in [0.717, 1.165) is 10.6 Å². The van der Waals surface area contributed by atoms with E-state index in [4.69, 9.17) is 9.15 Å². The van der Waals surface area contributed by atoms with Gasteiger partial charge < -0.3 is 14.5 Å². The van der Waals surface area contributed by atoms with Gasteiger partial charge in [-0.15, -0.1) is 11.3 Å². The van der Waals surface area contributed by atoms with Gasteiger partial charge >= 0.3 is 5.97 Å². The Morgan fingerprint density at radius 2 is 1.74 bits per heavy atom. The second-order valence-corrected chi connectivity index (χ2v) is 7.65. The maximum Gasteiger partial charge on any atom is 0.308 e. The highest BCUT2D eigenvalue weighted by Gasteiger charge is 2.20. The van der Waals surface area contributed by atoms with E-state index in [0.29, 0.717) is 17.0 Å². The van der Waals surface area contributed by atoms with Crippen LogP contribution in [0.2, 0.25) is 0 Å². The minimum atomic E-state index is -0.504. The van der Waals surface area contributed by atoms with E-state index < -0.39 is 12.0 Å². The topological polar surface area (TPSA) is 81.4 Å². The van der Waals surface area contributed by atoms with Gasteiger partial charge in [0.05, 0.1) is 24.4 Å². The summed E-state index contributed by atoms with van der Waals surface area (Å²) < 4.78 is 10.8. The molecule has 0 aliphatic rings. The van der Waals surface area contributed by atoms with Gasteiger partial charge in [0.15, 0.2) is 10.8 Å². The molecule has 1 atom stereocenters. The summed E-state index contributed by atoms with van der Waals surface area (Å²) in [5.74, 6) is 0.00921. The van der Waals surface area contributed by atoms with Crippen LogP contribution in [0, 0.1) is 0 Å². The quantitative estimate of drug-likeness (QED) is 0.396. The highest BCUT2D eigenvalue weighted by atomic mass is 32.1. The third-order valence-electron chi connectivity index (χ3n) is 4.58. The molecule has 4 aromatic rings. The fraction of sp³-hybridized carbons (Fsp3) is 0.125. The Morgan fingerprint density at radius 1 is 1.00 bits per heavy atom. The van der Waals surface area contributed by atoms with Crippen molar-refractivity contribution in [2.45, 2.75) is 19.1 Å². The van der Waals surface area contributed by atoms with Gasteiger partial charge in [0, 0.05) is 10.9 Å². The van der Waals surface area contributed by atoms with Crippen LogP contribution in [0.3, 0.4) is 0 Å². The first-order valence-electron chi connectivity index (χ1n) is 9.74. The number of benzene rings is 2. The molecule has 1 amide bonds. The van der Waals surface area contributed by atoms with Crippen LogP contribution in [-0.2, 0) is 16.1 Å². The van der Waals surface area contributed by atoms with Crippen LogP contribution in [0.25, 0.3) is 10.8 Å². The number of esters is 1. The number of furan rings is 1. The molecular formula is C24H20N2O4S. The van der Waals surface area contributed by atoms with Crippen molar-refractivity contribution >= 4 is 23.2 Å². The normalized spacial score (nSPS) is 11.6. The lowest BCUT2D eigenvalue weighted by molar-refractivity contribution is -0.145. The summed E-state index contributed by atoms with van der Waals surface area (Å²) in [6.45, 7) is 0.0597. The van der Waals surface area contributed by atoms with Crippen molar-refractivity contribution in [3.63, 3.8) is 0 Å². The Hall–Kier alpha value is -3.71. The predicted octanol–water partition coefficient (Wildman–Crippen LogP) is 5.01. The summed E-state index contributed by atoms with van der Waals surface area (Å²) in [6.07, 6.45) is 1.60. The maximum atomic E-state index is 12.6. The maximum absolute atomic E-state index is 12.6. The number of hydrogen-bond acceptors (Lipinski definition) is 6. The highest BCUT2D eigenvalue weighted by Crippen LogP contribution is 2.24. The lowest BCUT2D eigenvalue weighted by Crippen LogP contribution is -2.30. The van der Waals surface area contributed by atoms with Crippen molar-refractivity contribution in [3.8, 4) is 10.8 Å². The van der Waals surface area contributed by atoms with Crippen LogP contribution in [-0.4, -0.2) is 16.9 Å². The van der Waals surface area contributed by atoms with Crippen molar-refractivity contribution in [1.29, 1.82) is 0 Å². The number of rotatable bonds is 8. The molecule has 2 aromatic carbocycles. The van der Waals surface area contributed by atoms with Crippen molar-refractivity contribution < 1.29 is 18.7 Å². The molecule has 1 N–H and O–H groups in total. The summed E-state index contributed by atoms with van der Waals surface area (Å²) in [6, 6.07) is 21.4. The van der Waals surface area contributed by atoms with E-state index in [1.165, 1.54) is 11.3 Å². The zero-order valence-electron chi connectivity index (χ0n) is 16.6. The van der Waals surface area contributed by atoms with Gasteiger partial charge in [0.2, 0.25) is 0 Å². The molecule has 0 aliphatic heterocycles. The molecule has 0 spiro atoms. The van der Waals surface area contributed by atoms with Gasteiger partial charge in [-0.2, -0.15) is 0 Å². The lowest BCUT2D eigenvalue weighted by atomic mass is 10.0. The average Bonchev–Trinajstić information content (AvgIpc) is 3.50. The van der Waals surface area contributed by atoms with Gasteiger partial charge in [0.25, 0.3) is 5.91 Å². The van der Waals surface area contributed by atoms with Crippen LogP contribution in [0.5, 0.6) is 0 Å². The number of amides is 1. The standard InChI is InChI=1S/C24H20N2O4S/c27-22(30-15-19-16-31-24(25-19)21-12-7-13-29-21)14-20(17-8-3-1-4-9-17)26-23(28)18-10-5-2-6-11-18/h1-13,16,20H,14-15H2,(H,26,28). The number of hydrogen-bond donors (Lipinski definition) is 1. The first-order valence-corrected chi connectivity index (χ1v) is 10.6. The number of thiazole rings is 1. The number of nitrogens with zero attached hydrogens (tertiary/aromatic N) is 1. The van der Waals surface area contributed by atoms with E-state index in [2.05, 4.69) is 10.3 Å². The molecule has 0 saturated carbocycles. The Morgan fingerprint density at radius 3 is 2.45 bits per heavy atom. The van der Waals surface area contributed by atoms with Crippen LogP contribution in [0.4, 0.5) is 0 Å². The average molecular weight is 433 g/mol. The van der Waals surface area contributed by atoms with Gasteiger partial charge in [-0.05, 0) is 29.8 Å². The first-order chi connectivity index (χ1) is 15.2. The number of carbonyl (C=O) groups excluding carboxylic acids is 2. The van der Waals surface area contributed by atoms with Crippen LogP contribution in [0.15, 0.2) is 88.9 Å². The number of carbonyl (C=O) groups is 2. The van der Waals surface area contributed by atoms with Gasteiger partial charge in [-0.1, -0.05) is 48.5 Å². The molecule has 2 aromatic heterocycles. The molecule has 2 heterocycles. The number of aromatic nitrogens is 1. The lowest BCUT2D eigenvalue weighted by Gasteiger charge is -2.18. The van der Waals surface area contributed by atoms with E-state index in [1.807, 2.05) is 47.8 Å². The van der Waals surface area contributed by atoms with E-state index >= 15 is 0 Å². The van der Waals surface area contributed by atoms with Gasteiger partial charge in [0.1, 0.15) is 6.61 Å². The SMILES string of the molecule is O=C(CC(NC(=O)c1ccccc1)c1ccccc1)OCc1csc(-c2ccco2)n1. The molecule has 1 unspecified atom stereocenters. The second kappa shape index (κ2) is 9.86. The smallest absolute Gasteiger partial charge is 0.308 e. The zero-order chi connectivity index (χ0) is 21.5. The third kappa shape index (κ3) is 5.46. The molecule has 0 saturated heterocycles. The van der Waals surface area contributed by atoms with Gasteiger partial charge in [-0.25, -0.2) is 4.98 Å². The minimum absolute atomic E-state index is 0.0117. The van der Waals surface area contributed by atoms with Crippen LogP contribution < -0.4 is 5.32 Å². The van der Waals surface area contributed by atoms with E-state index in [9.17, 15) is 9.59 Å². The summed E-state index contributed by atoms with van der Waals surface area (Å²) in [4.78, 5) is 29.6. The largest absolute Gasteiger partial charge is 0.462 e. The van der Waals surface area contributed by atoms with Crippen molar-refractivity contribution in [3.05, 3.63) is 101 Å². The van der Waals surface area contributed by atoms with Crippen molar-refractivity contribution in [1.82, 2.24) is 10.3 Å². The summed E-state index contributed by atoms with van der Waals surface area (Å²) >= 11 is 1.42. The van der Waals surface area contributed by atoms with Gasteiger partial charge in [-0.3, -0.25) is 9.59 Å². The first kappa shape index (κ1) is 20.6. The summed E-state index contributed by atoms with van der Waals surface area (Å²) in [7, 11) is 0. The molecule has 0 bridgehead atoms. The van der Waals surface area contributed by atoms with Crippen LogP contribution in [0.1, 0.15) is 34.1 Å². The Balaban J connectivity index is 1.39. The molecule has 0 radical (unpaired) electrons. The molecular weight excluding hydrogens is 412 g/mol. The Labute approximate surface area is 183 Å². The number of ether oxygens (including phenoxy) is 1. The minimum Gasteiger partial charge on any atom is -0.462 e. The predicted molar refractivity (Wildman–Crippen MR) is 117 cm³/mol. The summed E-state index contributed by atoms with van der Waals surface area (Å²) in [5, 5.41) is 5.50. The van der Waals surface area contributed by atoms with Crippen molar-refractivity contribution in [2.24, 2.45) is 0 Å². The molecule has 6 nitrogen and oxygen atoms in total. The molecule has 7 heteroatoms. The number of nitrogens with one attached hydrogen (secondary N) is 1. The fourth-order valence-corrected chi connectivity index (χ4v) is 3.81.